The minimum absolute atomic E-state index is 0.0564. The second-order valence-electron chi connectivity index (χ2n) is 7.78. The van der Waals surface area contributed by atoms with Crippen molar-refractivity contribution < 1.29 is 19.1 Å². The Morgan fingerprint density at radius 1 is 0.970 bits per heavy atom. The maximum Gasteiger partial charge on any atom is 0.254 e. The third kappa shape index (κ3) is 6.84. The van der Waals surface area contributed by atoms with Crippen LogP contribution in [0.4, 0.5) is 5.69 Å². The molecule has 3 aromatic rings. The first kappa shape index (κ1) is 23.9. The van der Waals surface area contributed by atoms with Crippen LogP contribution in [0.15, 0.2) is 72.8 Å². The van der Waals surface area contributed by atoms with Crippen molar-refractivity contribution in [2.24, 2.45) is 0 Å². The Kier molecular flexibility index (Phi) is 8.47. The van der Waals surface area contributed by atoms with Crippen molar-refractivity contribution in [2.75, 3.05) is 25.5 Å². The lowest BCUT2D eigenvalue weighted by atomic mass is 10.1. The van der Waals surface area contributed by atoms with Gasteiger partial charge in [0.05, 0.1) is 12.8 Å². The molecular formula is C27H30N2O4. The van der Waals surface area contributed by atoms with Crippen molar-refractivity contribution in [3.8, 4) is 11.5 Å². The fourth-order valence-electron chi connectivity index (χ4n) is 3.50. The quantitative estimate of drug-likeness (QED) is 0.472. The smallest absolute Gasteiger partial charge is 0.254 e. The van der Waals surface area contributed by atoms with Crippen LogP contribution >= 0.6 is 0 Å². The van der Waals surface area contributed by atoms with Crippen LogP contribution in [0.1, 0.15) is 34.8 Å². The van der Waals surface area contributed by atoms with E-state index in [1.165, 1.54) is 5.56 Å². The number of hydrogen-bond acceptors (Lipinski definition) is 4. The number of rotatable bonds is 10. The van der Waals surface area contributed by atoms with Crippen LogP contribution in [0.25, 0.3) is 0 Å². The molecule has 0 aromatic heterocycles. The molecule has 0 aliphatic heterocycles. The summed E-state index contributed by atoms with van der Waals surface area (Å²) in [5, 5.41) is 2.83. The summed E-state index contributed by atoms with van der Waals surface area (Å²) in [5.41, 5.74) is 3.28. The van der Waals surface area contributed by atoms with E-state index < -0.39 is 0 Å². The SMILES string of the molecule is CCCN(CC(=O)Nc1ccccc1OC)C(=O)c1cccc(OCc2cccc(C)c2)c1. The average molecular weight is 447 g/mol. The number of aryl methyl sites for hydroxylation is 1. The van der Waals surface area contributed by atoms with Gasteiger partial charge in [-0.1, -0.05) is 55.0 Å². The maximum atomic E-state index is 13.2. The molecule has 6 heteroatoms. The number of hydrogen-bond donors (Lipinski definition) is 1. The molecule has 0 bridgehead atoms. The van der Waals surface area contributed by atoms with Crippen LogP contribution in [-0.2, 0) is 11.4 Å². The number of nitrogens with one attached hydrogen (secondary N) is 1. The molecule has 172 valence electrons. The number of anilines is 1. The van der Waals surface area contributed by atoms with E-state index in [2.05, 4.69) is 11.4 Å². The minimum Gasteiger partial charge on any atom is -0.495 e. The maximum absolute atomic E-state index is 13.2. The van der Waals surface area contributed by atoms with Gasteiger partial charge < -0.3 is 19.7 Å². The zero-order valence-electron chi connectivity index (χ0n) is 19.3. The standard InChI is InChI=1S/C27H30N2O4/c1-4-15-29(18-26(30)28-24-13-5-6-14-25(24)32-3)27(31)22-11-8-12-23(17-22)33-19-21-10-7-9-20(2)16-21/h5-14,16-17H,4,15,18-19H2,1-3H3,(H,28,30). The van der Waals surface area contributed by atoms with Gasteiger partial charge in [-0.2, -0.15) is 0 Å². The van der Waals surface area contributed by atoms with E-state index in [9.17, 15) is 9.59 Å². The summed E-state index contributed by atoms with van der Waals surface area (Å²) in [6, 6.07) is 22.4. The van der Waals surface area contributed by atoms with Gasteiger partial charge in [0.2, 0.25) is 5.91 Å². The largest absolute Gasteiger partial charge is 0.495 e. The number of nitrogens with zero attached hydrogens (tertiary/aromatic N) is 1. The minimum atomic E-state index is -0.284. The summed E-state index contributed by atoms with van der Waals surface area (Å²) >= 11 is 0. The molecule has 0 radical (unpaired) electrons. The predicted molar refractivity (Wildman–Crippen MR) is 130 cm³/mol. The van der Waals surface area contributed by atoms with Crippen molar-refractivity contribution in [1.29, 1.82) is 0 Å². The first-order chi connectivity index (χ1) is 16.0. The van der Waals surface area contributed by atoms with Gasteiger partial charge in [0.25, 0.3) is 5.91 Å². The fourth-order valence-corrected chi connectivity index (χ4v) is 3.50. The molecule has 3 aromatic carbocycles. The van der Waals surface area contributed by atoms with E-state index >= 15 is 0 Å². The third-order valence-corrected chi connectivity index (χ3v) is 5.07. The first-order valence-electron chi connectivity index (χ1n) is 11.0. The molecule has 1 N–H and O–H groups in total. The van der Waals surface area contributed by atoms with Crippen molar-refractivity contribution >= 4 is 17.5 Å². The molecule has 3 rings (SSSR count). The van der Waals surface area contributed by atoms with Crippen LogP contribution in [-0.4, -0.2) is 36.9 Å². The number of methoxy groups -OCH3 is 1. The summed E-state index contributed by atoms with van der Waals surface area (Å²) < 4.78 is 11.2. The summed E-state index contributed by atoms with van der Waals surface area (Å²) in [4.78, 5) is 27.4. The lowest BCUT2D eigenvalue weighted by molar-refractivity contribution is -0.116. The van der Waals surface area contributed by atoms with Crippen LogP contribution in [0.3, 0.4) is 0 Å². The lowest BCUT2D eigenvalue weighted by Crippen LogP contribution is -2.38. The van der Waals surface area contributed by atoms with Gasteiger partial charge in [-0.15, -0.1) is 0 Å². The number of carbonyl (C=O) groups excluding carboxylic acids is 2. The lowest BCUT2D eigenvalue weighted by Gasteiger charge is -2.22. The van der Waals surface area contributed by atoms with Gasteiger partial charge in [0, 0.05) is 12.1 Å². The van der Waals surface area contributed by atoms with E-state index in [-0.39, 0.29) is 18.4 Å². The Hall–Kier alpha value is -3.80. The third-order valence-electron chi connectivity index (χ3n) is 5.07. The van der Waals surface area contributed by atoms with Crippen LogP contribution < -0.4 is 14.8 Å². The predicted octanol–water partition coefficient (Wildman–Crippen LogP) is 5.07. The highest BCUT2D eigenvalue weighted by Gasteiger charge is 2.19. The molecule has 0 fully saturated rings. The van der Waals surface area contributed by atoms with Gasteiger partial charge in [0.1, 0.15) is 24.7 Å². The van der Waals surface area contributed by atoms with Crippen molar-refractivity contribution in [1.82, 2.24) is 4.90 Å². The highest BCUT2D eigenvalue weighted by Crippen LogP contribution is 2.23. The van der Waals surface area contributed by atoms with Gasteiger partial charge in [0.15, 0.2) is 0 Å². The number of ether oxygens (including phenoxy) is 2. The van der Waals surface area contributed by atoms with Gasteiger partial charge in [-0.05, 0) is 49.2 Å². The number of carbonyl (C=O) groups is 2. The number of para-hydroxylation sites is 2. The Bertz CT molecular complexity index is 1100. The Morgan fingerprint density at radius 2 is 1.76 bits per heavy atom. The summed E-state index contributed by atoms with van der Waals surface area (Å²) in [5.74, 6) is 0.677. The van der Waals surface area contributed by atoms with Crippen LogP contribution in [0.2, 0.25) is 0 Å². The molecule has 0 spiro atoms. The summed E-state index contributed by atoms with van der Waals surface area (Å²) in [6.07, 6.45) is 0.733. The van der Waals surface area contributed by atoms with Crippen molar-refractivity contribution in [3.63, 3.8) is 0 Å². The van der Waals surface area contributed by atoms with E-state index in [0.717, 1.165) is 12.0 Å². The molecular weight excluding hydrogens is 416 g/mol. The highest BCUT2D eigenvalue weighted by atomic mass is 16.5. The Balaban J connectivity index is 1.67. The Labute approximate surface area is 195 Å². The van der Waals surface area contributed by atoms with E-state index in [4.69, 9.17) is 9.47 Å². The Morgan fingerprint density at radius 3 is 2.52 bits per heavy atom. The topological polar surface area (TPSA) is 67.9 Å². The zero-order valence-corrected chi connectivity index (χ0v) is 19.3. The van der Waals surface area contributed by atoms with E-state index in [1.807, 2.05) is 50.2 Å². The fraction of sp³-hybridized carbons (Fsp3) is 0.259. The van der Waals surface area contributed by atoms with Gasteiger partial charge >= 0.3 is 0 Å². The second kappa shape index (κ2) is 11.7. The van der Waals surface area contributed by atoms with Gasteiger partial charge in [-0.25, -0.2) is 0 Å². The molecule has 6 nitrogen and oxygen atoms in total. The summed E-state index contributed by atoms with van der Waals surface area (Å²) in [6.45, 7) is 4.83. The van der Waals surface area contributed by atoms with Crippen molar-refractivity contribution in [3.05, 3.63) is 89.5 Å². The molecule has 0 unspecified atom stereocenters. The normalized spacial score (nSPS) is 10.4. The first-order valence-corrected chi connectivity index (χ1v) is 11.0. The molecule has 33 heavy (non-hydrogen) atoms. The average Bonchev–Trinajstić information content (AvgIpc) is 2.82. The van der Waals surface area contributed by atoms with E-state index in [0.29, 0.717) is 35.9 Å². The highest BCUT2D eigenvalue weighted by molar-refractivity contribution is 6.00. The number of amides is 2. The molecule has 0 heterocycles. The van der Waals surface area contributed by atoms with Crippen molar-refractivity contribution in [2.45, 2.75) is 26.9 Å². The van der Waals surface area contributed by atoms with Gasteiger partial charge in [-0.3, -0.25) is 9.59 Å². The van der Waals surface area contributed by atoms with Crippen LogP contribution in [0, 0.1) is 6.92 Å². The number of benzene rings is 3. The molecule has 2 amide bonds. The molecule has 0 saturated carbocycles. The molecule has 0 saturated heterocycles. The second-order valence-corrected chi connectivity index (χ2v) is 7.78. The van der Waals surface area contributed by atoms with E-state index in [1.54, 1.807) is 42.3 Å². The monoisotopic (exact) mass is 446 g/mol. The summed E-state index contributed by atoms with van der Waals surface area (Å²) in [7, 11) is 1.55. The zero-order chi connectivity index (χ0) is 23.6. The molecule has 0 aliphatic rings. The van der Waals surface area contributed by atoms with Crippen LogP contribution in [0.5, 0.6) is 11.5 Å². The molecule has 0 aliphatic carbocycles. The molecule has 0 atom stereocenters.